The van der Waals surface area contributed by atoms with Gasteiger partial charge in [0.05, 0.1) is 5.52 Å². The molecule has 1 aromatic carbocycles. The minimum atomic E-state index is -0.00978. The first kappa shape index (κ1) is 27.7. The molecular formula is C30H33N9O2. The van der Waals surface area contributed by atoms with E-state index in [2.05, 4.69) is 25.4 Å². The number of nitrogens with one attached hydrogen (secondary N) is 1. The predicted molar refractivity (Wildman–Crippen MR) is 160 cm³/mol. The molecular weight excluding hydrogens is 518 g/mol. The van der Waals surface area contributed by atoms with E-state index in [4.69, 9.17) is 9.72 Å². The molecule has 1 saturated heterocycles. The van der Waals surface area contributed by atoms with Crippen LogP contribution in [-0.4, -0.2) is 67.5 Å². The summed E-state index contributed by atoms with van der Waals surface area (Å²) in [5.74, 6) is 2.53. The first-order valence-corrected chi connectivity index (χ1v) is 13.6. The largest absolute Gasteiger partial charge is 0.457 e. The Balaban J connectivity index is 0.00000165. The summed E-state index contributed by atoms with van der Waals surface area (Å²) < 4.78 is 7.77. The normalized spacial score (nSPS) is 14.1. The van der Waals surface area contributed by atoms with Crippen LogP contribution < -0.4 is 15.0 Å². The average Bonchev–Trinajstić information content (AvgIpc) is 3.60. The first-order chi connectivity index (χ1) is 19.9. The Labute approximate surface area is 238 Å². The maximum atomic E-state index is 13.0. The number of amides is 1. The lowest BCUT2D eigenvalue weighted by atomic mass is 10.2. The van der Waals surface area contributed by atoms with Crippen molar-refractivity contribution in [1.82, 2.24) is 34.4 Å². The van der Waals surface area contributed by atoms with Gasteiger partial charge in [-0.2, -0.15) is 5.10 Å². The van der Waals surface area contributed by atoms with Gasteiger partial charge in [-0.1, -0.05) is 19.9 Å². The van der Waals surface area contributed by atoms with Crippen molar-refractivity contribution in [2.75, 3.05) is 37.4 Å². The van der Waals surface area contributed by atoms with E-state index in [0.29, 0.717) is 47.0 Å². The second-order valence-corrected chi connectivity index (χ2v) is 9.59. The molecule has 1 aliphatic rings. The van der Waals surface area contributed by atoms with Crippen LogP contribution >= 0.6 is 0 Å². The Bertz CT molecular complexity index is 1730. The quantitative estimate of drug-likeness (QED) is 0.274. The number of ether oxygens (including phenoxy) is 1. The Hall–Kier alpha value is -4.90. The minimum Gasteiger partial charge on any atom is -0.457 e. The van der Waals surface area contributed by atoms with Crippen molar-refractivity contribution in [1.29, 1.82) is 0 Å². The number of nitrogens with zero attached hydrogens (tertiary/aromatic N) is 8. The number of carbonyl (C=O) groups excluding carboxylic acids is 1. The number of likely N-dealkylation sites (N-methyl/N-ethyl adjacent to an activating group) is 1. The third-order valence-electron chi connectivity index (χ3n) is 6.49. The molecule has 0 radical (unpaired) electrons. The van der Waals surface area contributed by atoms with Gasteiger partial charge in [0, 0.05) is 36.6 Å². The molecule has 5 heterocycles. The van der Waals surface area contributed by atoms with Crippen molar-refractivity contribution < 1.29 is 9.53 Å². The first-order valence-electron chi connectivity index (χ1n) is 13.6. The minimum absolute atomic E-state index is 0.00978. The van der Waals surface area contributed by atoms with Crippen molar-refractivity contribution in [3.63, 3.8) is 0 Å². The molecule has 5 aromatic rings. The molecule has 0 aliphatic carbocycles. The van der Waals surface area contributed by atoms with E-state index in [-0.39, 0.29) is 5.91 Å². The number of fused-ring (bicyclic) bond motifs is 2. The average molecular weight is 552 g/mol. The number of aryl methyl sites for hydroxylation is 1. The van der Waals surface area contributed by atoms with Gasteiger partial charge in [0.1, 0.15) is 35.5 Å². The van der Waals surface area contributed by atoms with Gasteiger partial charge in [-0.05, 0) is 69.4 Å². The molecule has 0 spiro atoms. The molecule has 0 atom stereocenters. The van der Waals surface area contributed by atoms with Gasteiger partial charge in [-0.15, -0.1) is 0 Å². The summed E-state index contributed by atoms with van der Waals surface area (Å²) in [5, 5.41) is 7.47. The van der Waals surface area contributed by atoms with Gasteiger partial charge < -0.3 is 15.0 Å². The number of hydrogen-bond acceptors (Lipinski definition) is 9. The fraction of sp³-hybridized carbons (Fsp3) is 0.267. The Morgan fingerprint density at radius 2 is 1.90 bits per heavy atom. The smallest absolute Gasteiger partial charge is 0.255 e. The zero-order valence-corrected chi connectivity index (χ0v) is 23.9. The highest BCUT2D eigenvalue weighted by Gasteiger charge is 2.28. The molecule has 0 unspecified atom stereocenters. The summed E-state index contributed by atoms with van der Waals surface area (Å²) in [6, 6.07) is 13.2. The number of benzene rings is 1. The van der Waals surface area contributed by atoms with Gasteiger partial charge in [-0.25, -0.2) is 24.5 Å². The zero-order valence-electron chi connectivity index (χ0n) is 23.9. The third-order valence-corrected chi connectivity index (χ3v) is 6.49. The summed E-state index contributed by atoms with van der Waals surface area (Å²) in [6.45, 7) is 7.30. The van der Waals surface area contributed by atoms with Crippen LogP contribution in [0.2, 0.25) is 0 Å². The molecule has 1 amide bonds. The molecule has 1 N–H and O–H groups in total. The topological polar surface area (TPSA) is 114 Å². The van der Waals surface area contributed by atoms with Crippen molar-refractivity contribution >= 4 is 39.9 Å². The highest BCUT2D eigenvalue weighted by molar-refractivity contribution is 6.08. The molecule has 0 bridgehead atoms. The van der Waals surface area contributed by atoms with Crippen LogP contribution in [-0.2, 0) is 4.79 Å². The Kier molecular flexibility index (Phi) is 8.16. The van der Waals surface area contributed by atoms with E-state index >= 15 is 0 Å². The van der Waals surface area contributed by atoms with E-state index in [1.54, 1.807) is 15.6 Å². The summed E-state index contributed by atoms with van der Waals surface area (Å²) in [7, 11) is 3.96. The van der Waals surface area contributed by atoms with Crippen LogP contribution in [0.5, 0.6) is 11.5 Å². The maximum Gasteiger partial charge on any atom is 0.255 e. The molecule has 41 heavy (non-hydrogen) atoms. The van der Waals surface area contributed by atoms with Crippen LogP contribution in [0.3, 0.4) is 0 Å². The Morgan fingerprint density at radius 3 is 2.71 bits per heavy atom. The van der Waals surface area contributed by atoms with Crippen LogP contribution in [0.4, 0.5) is 17.3 Å². The van der Waals surface area contributed by atoms with Crippen molar-refractivity contribution in [2.24, 2.45) is 0 Å². The molecule has 11 nitrogen and oxygen atoms in total. The fourth-order valence-electron chi connectivity index (χ4n) is 4.45. The van der Waals surface area contributed by atoms with Crippen LogP contribution in [0.1, 0.15) is 25.8 Å². The maximum absolute atomic E-state index is 13.0. The fourth-order valence-corrected chi connectivity index (χ4v) is 4.45. The monoisotopic (exact) mass is 551 g/mol. The number of carbonyl (C=O) groups is 1. The lowest BCUT2D eigenvalue weighted by Gasteiger charge is -2.16. The predicted octanol–water partition coefficient (Wildman–Crippen LogP) is 5.16. The van der Waals surface area contributed by atoms with Gasteiger partial charge in [0.25, 0.3) is 5.91 Å². The lowest BCUT2D eigenvalue weighted by molar-refractivity contribution is -0.114. The van der Waals surface area contributed by atoms with E-state index in [1.165, 1.54) is 12.7 Å². The van der Waals surface area contributed by atoms with Crippen LogP contribution in [0.25, 0.3) is 16.7 Å². The van der Waals surface area contributed by atoms with E-state index in [0.717, 1.165) is 29.1 Å². The van der Waals surface area contributed by atoms with Gasteiger partial charge >= 0.3 is 0 Å². The van der Waals surface area contributed by atoms with Crippen molar-refractivity contribution in [3.05, 3.63) is 78.5 Å². The van der Waals surface area contributed by atoms with E-state index in [1.807, 2.05) is 88.3 Å². The summed E-state index contributed by atoms with van der Waals surface area (Å²) in [4.78, 5) is 34.6. The summed E-state index contributed by atoms with van der Waals surface area (Å²) in [6.07, 6.45) is 7.50. The number of pyridine rings is 2. The molecule has 6 rings (SSSR count). The van der Waals surface area contributed by atoms with Crippen LogP contribution in [0, 0.1) is 6.92 Å². The molecule has 4 aromatic heterocycles. The van der Waals surface area contributed by atoms with Crippen molar-refractivity contribution in [2.45, 2.75) is 27.2 Å². The molecule has 1 aliphatic heterocycles. The Morgan fingerprint density at radius 1 is 1.05 bits per heavy atom. The molecule has 210 valence electrons. The standard InChI is InChI=1S/C28H27N9O2.C2H6/c1-18-14-20(4-6-23(18)39-21-10-13-37-25(15-21)30-17-32-37)33-27-26-22(29-16-31-27)5-7-24(34-26)36-12-9-19(28(36)38)8-11-35(2)3;1-2/h4-8,10,13-17H,9,11-12H2,1-3H3,(H,29,31,33);1-2H3/b19-8+;. The zero-order chi connectivity index (χ0) is 28.9. The van der Waals surface area contributed by atoms with E-state index < -0.39 is 0 Å². The van der Waals surface area contributed by atoms with Gasteiger partial charge in [0.15, 0.2) is 11.5 Å². The summed E-state index contributed by atoms with van der Waals surface area (Å²) >= 11 is 0. The highest BCUT2D eigenvalue weighted by Crippen LogP contribution is 2.31. The molecule has 11 heteroatoms. The van der Waals surface area contributed by atoms with Crippen LogP contribution in [0.15, 0.2) is 73.0 Å². The van der Waals surface area contributed by atoms with Gasteiger partial charge in [-0.3, -0.25) is 9.69 Å². The third kappa shape index (κ3) is 5.99. The number of hydrogen-bond donors (Lipinski definition) is 1. The number of aromatic nitrogens is 6. The van der Waals surface area contributed by atoms with Gasteiger partial charge in [0.2, 0.25) is 0 Å². The summed E-state index contributed by atoms with van der Waals surface area (Å²) in [5.41, 5.74) is 4.56. The SMILES string of the molecule is CC.Cc1cc(Nc2ncnc3ccc(N4CC/C(=C\CN(C)C)C4=O)nc23)ccc1Oc1ccn2ncnc2c1. The second-order valence-electron chi connectivity index (χ2n) is 9.59. The molecule has 0 saturated carbocycles. The highest BCUT2D eigenvalue weighted by atomic mass is 16.5. The molecule has 1 fully saturated rings. The number of rotatable bonds is 7. The lowest BCUT2D eigenvalue weighted by Crippen LogP contribution is -2.25. The van der Waals surface area contributed by atoms with E-state index in [9.17, 15) is 4.79 Å². The van der Waals surface area contributed by atoms with Crippen molar-refractivity contribution in [3.8, 4) is 11.5 Å². The second kappa shape index (κ2) is 12.1. The number of anilines is 3.